The van der Waals surface area contributed by atoms with Gasteiger partial charge in [-0.15, -0.1) is 0 Å². The van der Waals surface area contributed by atoms with E-state index in [4.69, 9.17) is 0 Å². The van der Waals surface area contributed by atoms with Gasteiger partial charge in [0.15, 0.2) is 0 Å². The summed E-state index contributed by atoms with van der Waals surface area (Å²) in [6.45, 7) is 7.13. The van der Waals surface area contributed by atoms with Crippen LogP contribution in [0.4, 0.5) is 5.82 Å². The molecule has 3 heteroatoms. The molecule has 0 saturated carbocycles. The molecule has 0 fully saturated rings. The molecule has 0 aliphatic carbocycles. The molecular formula is C17H21N3. The first kappa shape index (κ1) is 13.1. The van der Waals surface area contributed by atoms with Crippen molar-refractivity contribution in [3.63, 3.8) is 0 Å². The Morgan fingerprint density at radius 1 is 1.10 bits per heavy atom. The second-order valence-corrected chi connectivity index (χ2v) is 5.65. The molecule has 1 aromatic carbocycles. The summed E-state index contributed by atoms with van der Waals surface area (Å²) in [4.78, 5) is 6.97. The molecule has 2 heterocycles. The van der Waals surface area contributed by atoms with E-state index < -0.39 is 0 Å². The first-order valence-electron chi connectivity index (χ1n) is 7.23. The summed E-state index contributed by atoms with van der Waals surface area (Å²) in [6.07, 6.45) is 1.89. The van der Waals surface area contributed by atoms with Gasteiger partial charge in [0.25, 0.3) is 0 Å². The lowest BCUT2D eigenvalue weighted by molar-refractivity contribution is 0.586. The molecule has 104 valence electrons. The summed E-state index contributed by atoms with van der Waals surface area (Å²) in [6, 6.07) is 13.3. The number of pyridine rings is 1. The van der Waals surface area contributed by atoms with Gasteiger partial charge in [-0.25, -0.2) is 4.98 Å². The summed E-state index contributed by atoms with van der Waals surface area (Å²) in [5.41, 5.74) is 4.11. The number of rotatable bonds is 4. The molecular weight excluding hydrogens is 246 g/mol. The first-order valence-corrected chi connectivity index (χ1v) is 7.23. The second-order valence-electron chi connectivity index (χ2n) is 5.65. The number of benzene rings is 1. The maximum atomic E-state index is 4.61. The van der Waals surface area contributed by atoms with Gasteiger partial charge in [0.2, 0.25) is 0 Å². The minimum Gasteiger partial charge on any atom is -0.348 e. The number of fused-ring (bicyclic) bond motifs is 1. The summed E-state index contributed by atoms with van der Waals surface area (Å²) in [7, 11) is 0. The monoisotopic (exact) mass is 267 g/mol. The summed E-state index contributed by atoms with van der Waals surface area (Å²) < 4.78 is 0. The molecule has 20 heavy (non-hydrogen) atoms. The third-order valence-electron chi connectivity index (χ3n) is 3.71. The molecule has 3 rings (SSSR count). The predicted molar refractivity (Wildman–Crippen MR) is 82.5 cm³/mol. The average molecular weight is 267 g/mol. The molecule has 0 spiro atoms. The second kappa shape index (κ2) is 5.63. The largest absolute Gasteiger partial charge is 0.348 e. The predicted octanol–water partition coefficient (Wildman–Crippen LogP) is 3.10. The van der Waals surface area contributed by atoms with Gasteiger partial charge in [0.05, 0.1) is 0 Å². The van der Waals surface area contributed by atoms with Gasteiger partial charge >= 0.3 is 0 Å². The minimum atomic E-state index is 0.485. The molecule has 0 amide bonds. The lowest BCUT2D eigenvalue weighted by Crippen LogP contribution is -2.25. The summed E-state index contributed by atoms with van der Waals surface area (Å²) in [5, 5.41) is 3.48. The lowest BCUT2D eigenvalue weighted by atomic mass is 10.1. The van der Waals surface area contributed by atoms with Crippen LogP contribution in [-0.2, 0) is 19.6 Å². The van der Waals surface area contributed by atoms with Crippen LogP contribution >= 0.6 is 0 Å². The fraction of sp³-hybridized carbons (Fsp3) is 0.353. The van der Waals surface area contributed by atoms with E-state index in [9.17, 15) is 0 Å². The standard InChI is InChI=1S/C17H21N3/c1-13(2)19-10-14-8-5-9-18-17(14)20-11-15-6-3-4-7-16(15)12-20/h3-9,13,19H,10-12H2,1-2H3. The highest BCUT2D eigenvalue weighted by molar-refractivity contribution is 5.51. The summed E-state index contributed by atoms with van der Waals surface area (Å²) in [5.74, 6) is 1.11. The highest BCUT2D eigenvalue weighted by Crippen LogP contribution is 2.28. The third kappa shape index (κ3) is 2.68. The maximum absolute atomic E-state index is 4.61. The number of anilines is 1. The zero-order valence-electron chi connectivity index (χ0n) is 12.1. The fourth-order valence-corrected chi connectivity index (χ4v) is 2.65. The van der Waals surface area contributed by atoms with Crippen molar-refractivity contribution in [3.8, 4) is 0 Å². The number of aromatic nitrogens is 1. The van der Waals surface area contributed by atoms with Gasteiger partial charge in [-0.1, -0.05) is 44.2 Å². The lowest BCUT2D eigenvalue weighted by Gasteiger charge is -2.20. The van der Waals surface area contributed by atoms with Crippen molar-refractivity contribution >= 4 is 5.82 Å². The van der Waals surface area contributed by atoms with Gasteiger partial charge in [0, 0.05) is 37.4 Å². The zero-order valence-corrected chi connectivity index (χ0v) is 12.1. The number of nitrogens with zero attached hydrogens (tertiary/aromatic N) is 2. The van der Waals surface area contributed by atoms with E-state index in [1.165, 1.54) is 16.7 Å². The molecule has 0 unspecified atom stereocenters. The molecule has 2 aromatic rings. The van der Waals surface area contributed by atoms with Crippen molar-refractivity contribution in [1.82, 2.24) is 10.3 Å². The average Bonchev–Trinajstić information content (AvgIpc) is 2.89. The SMILES string of the molecule is CC(C)NCc1cccnc1N1Cc2ccccc2C1. The first-order chi connectivity index (χ1) is 9.74. The topological polar surface area (TPSA) is 28.2 Å². The van der Waals surface area contributed by atoms with Crippen molar-refractivity contribution in [3.05, 3.63) is 59.3 Å². The van der Waals surface area contributed by atoms with Crippen LogP contribution in [0.5, 0.6) is 0 Å². The van der Waals surface area contributed by atoms with Crippen molar-refractivity contribution in [2.75, 3.05) is 4.90 Å². The van der Waals surface area contributed by atoms with Gasteiger partial charge in [-0.05, 0) is 17.2 Å². The van der Waals surface area contributed by atoms with Crippen molar-refractivity contribution in [2.24, 2.45) is 0 Å². The Morgan fingerprint density at radius 3 is 2.45 bits per heavy atom. The van der Waals surface area contributed by atoms with Gasteiger partial charge in [0.1, 0.15) is 5.82 Å². The van der Waals surface area contributed by atoms with E-state index in [-0.39, 0.29) is 0 Å². The van der Waals surface area contributed by atoms with Crippen LogP contribution in [0.2, 0.25) is 0 Å². The normalized spacial score (nSPS) is 13.8. The van der Waals surface area contributed by atoms with Crippen molar-refractivity contribution in [2.45, 2.75) is 39.5 Å². The molecule has 1 aliphatic rings. The smallest absolute Gasteiger partial charge is 0.133 e. The Bertz CT molecular complexity index is 567. The molecule has 0 atom stereocenters. The Hall–Kier alpha value is -1.87. The number of nitrogens with one attached hydrogen (secondary N) is 1. The third-order valence-corrected chi connectivity index (χ3v) is 3.71. The van der Waals surface area contributed by atoms with E-state index in [0.29, 0.717) is 6.04 Å². The van der Waals surface area contributed by atoms with Gasteiger partial charge in [-0.2, -0.15) is 0 Å². The Kier molecular flexibility index (Phi) is 3.70. The van der Waals surface area contributed by atoms with E-state index >= 15 is 0 Å². The highest BCUT2D eigenvalue weighted by atomic mass is 15.2. The van der Waals surface area contributed by atoms with Crippen LogP contribution in [0.1, 0.15) is 30.5 Å². The van der Waals surface area contributed by atoms with Gasteiger partial charge in [-0.3, -0.25) is 0 Å². The van der Waals surface area contributed by atoms with E-state index in [1.54, 1.807) is 0 Å². The molecule has 0 bridgehead atoms. The summed E-state index contributed by atoms with van der Waals surface area (Å²) >= 11 is 0. The Morgan fingerprint density at radius 2 is 1.80 bits per heavy atom. The Balaban J connectivity index is 1.82. The molecule has 1 aliphatic heterocycles. The van der Waals surface area contributed by atoms with Crippen molar-refractivity contribution in [1.29, 1.82) is 0 Å². The minimum absolute atomic E-state index is 0.485. The molecule has 0 saturated heterocycles. The van der Waals surface area contributed by atoms with Crippen molar-refractivity contribution < 1.29 is 0 Å². The van der Waals surface area contributed by atoms with Crippen LogP contribution < -0.4 is 10.2 Å². The maximum Gasteiger partial charge on any atom is 0.133 e. The molecule has 1 N–H and O–H groups in total. The fourth-order valence-electron chi connectivity index (χ4n) is 2.65. The quantitative estimate of drug-likeness (QED) is 0.922. The van der Waals surface area contributed by atoms with E-state index in [2.05, 4.69) is 59.4 Å². The van der Waals surface area contributed by atoms with Crippen LogP contribution in [0.3, 0.4) is 0 Å². The van der Waals surface area contributed by atoms with Crippen LogP contribution in [-0.4, -0.2) is 11.0 Å². The van der Waals surface area contributed by atoms with E-state index in [0.717, 1.165) is 25.5 Å². The van der Waals surface area contributed by atoms with Crippen LogP contribution in [0.15, 0.2) is 42.6 Å². The van der Waals surface area contributed by atoms with Gasteiger partial charge < -0.3 is 10.2 Å². The molecule has 1 aromatic heterocycles. The molecule has 0 radical (unpaired) electrons. The highest BCUT2D eigenvalue weighted by Gasteiger charge is 2.21. The molecule has 3 nitrogen and oxygen atoms in total. The van der Waals surface area contributed by atoms with Crippen LogP contribution in [0.25, 0.3) is 0 Å². The van der Waals surface area contributed by atoms with E-state index in [1.807, 2.05) is 12.3 Å². The zero-order chi connectivity index (χ0) is 13.9. The number of hydrogen-bond acceptors (Lipinski definition) is 3. The van der Waals surface area contributed by atoms with Crippen LogP contribution in [0, 0.1) is 0 Å². The Labute approximate surface area is 120 Å². The number of hydrogen-bond donors (Lipinski definition) is 1.